The fourth-order valence-electron chi connectivity index (χ4n) is 1.27. The Hall–Kier alpha value is -1.59. The van der Waals surface area contributed by atoms with Gasteiger partial charge in [-0.3, -0.25) is 0 Å². The van der Waals surface area contributed by atoms with E-state index in [9.17, 15) is 0 Å². The van der Waals surface area contributed by atoms with Crippen LogP contribution in [0.3, 0.4) is 0 Å². The van der Waals surface area contributed by atoms with Gasteiger partial charge in [-0.15, -0.1) is 10.2 Å². The molecule has 1 aromatic carbocycles. The van der Waals surface area contributed by atoms with E-state index in [1.54, 1.807) is 12.1 Å². The number of hydrogen-bond donors (Lipinski definition) is 1. The van der Waals surface area contributed by atoms with Gasteiger partial charge in [-0.25, -0.2) is 0 Å². The maximum absolute atomic E-state index is 5.94. The van der Waals surface area contributed by atoms with Crippen LogP contribution in [0.1, 0.15) is 11.8 Å². The summed E-state index contributed by atoms with van der Waals surface area (Å²) in [7, 11) is 0. The lowest BCUT2D eigenvalue weighted by Gasteiger charge is -2.04. The van der Waals surface area contributed by atoms with Crippen LogP contribution in [0.25, 0.3) is 0 Å². The van der Waals surface area contributed by atoms with Crippen molar-refractivity contribution < 1.29 is 9.15 Å². The summed E-state index contributed by atoms with van der Waals surface area (Å²) in [4.78, 5) is 0. The molecule has 1 aromatic heterocycles. The molecule has 0 atom stereocenters. The number of aromatic nitrogens is 2. The standard InChI is InChI=1S/C11H12ClN3O2/c12-8-3-1-2-4-9(8)16-7-11-15-14-10(17-11)5-6-13/h1-4H,5-7,13H2. The highest BCUT2D eigenvalue weighted by Crippen LogP contribution is 2.23. The molecule has 0 saturated carbocycles. The van der Waals surface area contributed by atoms with Crippen LogP contribution in [0, 0.1) is 0 Å². The Bertz CT molecular complexity index is 487. The summed E-state index contributed by atoms with van der Waals surface area (Å²) in [6.07, 6.45) is 0.569. The van der Waals surface area contributed by atoms with Crippen LogP contribution in [0.5, 0.6) is 5.75 Å². The predicted molar refractivity (Wildman–Crippen MR) is 62.8 cm³/mol. The summed E-state index contributed by atoms with van der Waals surface area (Å²) in [6.45, 7) is 0.675. The summed E-state index contributed by atoms with van der Waals surface area (Å²) in [5.41, 5.74) is 5.38. The summed E-state index contributed by atoms with van der Waals surface area (Å²) in [5, 5.41) is 8.22. The average Bonchev–Trinajstić information content (AvgIpc) is 2.76. The summed E-state index contributed by atoms with van der Waals surface area (Å²) in [5.74, 6) is 1.52. The van der Waals surface area contributed by atoms with Crippen molar-refractivity contribution in [1.29, 1.82) is 0 Å². The molecule has 5 nitrogen and oxygen atoms in total. The van der Waals surface area contributed by atoms with Crippen LogP contribution >= 0.6 is 11.6 Å². The van der Waals surface area contributed by atoms with E-state index in [-0.39, 0.29) is 6.61 Å². The second-order valence-corrected chi connectivity index (χ2v) is 3.75. The first-order chi connectivity index (χ1) is 8.29. The van der Waals surface area contributed by atoms with Crippen molar-refractivity contribution >= 4 is 11.6 Å². The van der Waals surface area contributed by atoms with Crippen molar-refractivity contribution in [2.24, 2.45) is 5.73 Å². The Morgan fingerprint density at radius 1 is 1.24 bits per heavy atom. The highest BCUT2D eigenvalue weighted by molar-refractivity contribution is 6.32. The zero-order valence-electron chi connectivity index (χ0n) is 9.10. The molecule has 17 heavy (non-hydrogen) atoms. The molecule has 2 rings (SSSR count). The molecule has 0 bridgehead atoms. The number of ether oxygens (including phenoxy) is 1. The smallest absolute Gasteiger partial charge is 0.253 e. The van der Waals surface area contributed by atoms with Crippen LogP contribution in [0.15, 0.2) is 28.7 Å². The van der Waals surface area contributed by atoms with Gasteiger partial charge in [-0.05, 0) is 12.1 Å². The number of rotatable bonds is 5. The Labute approximate surface area is 104 Å². The van der Waals surface area contributed by atoms with Gasteiger partial charge >= 0.3 is 0 Å². The van der Waals surface area contributed by atoms with Crippen molar-refractivity contribution in [3.05, 3.63) is 41.1 Å². The number of benzene rings is 1. The Morgan fingerprint density at radius 2 is 2.00 bits per heavy atom. The molecular weight excluding hydrogens is 242 g/mol. The summed E-state index contributed by atoms with van der Waals surface area (Å²) < 4.78 is 10.8. The van der Waals surface area contributed by atoms with Gasteiger partial charge in [0.15, 0.2) is 6.61 Å². The molecule has 0 saturated heterocycles. The maximum atomic E-state index is 5.94. The van der Waals surface area contributed by atoms with Gasteiger partial charge < -0.3 is 14.9 Å². The van der Waals surface area contributed by atoms with E-state index >= 15 is 0 Å². The highest BCUT2D eigenvalue weighted by atomic mass is 35.5. The third kappa shape index (κ3) is 3.18. The van der Waals surface area contributed by atoms with Gasteiger partial charge in [0.2, 0.25) is 5.89 Å². The maximum Gasteiger partial charge on any atom is 0.253 e. The van der Waals surface area contributed by atoms with Crippen LogP contribution < -0.4 is 10.5 Å². The molecule has 90 valence electrons. The molecule has 0 radical (unpaired) electrons. The minimum absolute atomic E-state index is 0.196. The molecule has 0 aliphatic carbocycles. The van der Waals surface area contributed by atoms with Gasteiger partial charge in [-0.1, -0.05) is 23.7 Å². The van der Waals surface area contributed by atoms with E-state index in [2.05, 4.69) is 10.2 Å². The first-order valence-corrected chi connectivity index (χ1v) is 5.56. The topological polar surface area (TPSA) is 74.2 Å². The third-order valence-corrected chi connectivity index (χ3v) is 2.37. The minimum Gasteiger partial charge on any atom is -0.482 e. The van der Waals surface area contributed by atoms with Crippen LogP contribution in [-0.2, 0) is 13.0 Å². The first-order valence-electron chi connectivity index (χ1n) is 5.18. The predicted octanol–water partition coefficient (Wildman–Crippen LogP) is 1.80. The third-order valence-electron chi connectivity index (χ3n) is 2.05. The van der Waals surface area contributed by atoms with Crippen LogP contribution in [0.2, 0.25) is 5.02 Å². The van der Waals surface area contributed by atoms with Crippen molar-refractivity contribution in [2.75, 3.05) is 6.54 Å². The molecule has 0 amide bonds. The molecule has 2 aromatic rings. The molecule has 0 spiro atoms. The number of nitrogens with zero attached hydrogens (tertiary/aromatic N) is 2. The SMILES string of the molecule is NCCc1nnc(COc2ccccc2Cl)o1. The number of para-hydroxylation sites is 1. The van der Waals surface area contributed by atoms with Crippen molar-refractivity contribution in [3.63, 3.8) is 0 Å². The van der Waals surface area contributed by atoms with Crippen LogP contribution in [-0.4, -0.2) is 16.7 Å². The van der Waals surface area contributed by atoms with Crippen molar-refractivity contribution in [1.82, 2.24) is 10.2 Å². The fraction of sp³-hybridized carbons (Fsp3) is 0.273. The highest BCUT2D eigenvalue weighted by Gasteiger charge is 2.07. The largest absolute Gasteiger partial charge is 0.482 e. The lowest BCUT2D eigenvalue weighted by atomic mass is 10.3. The summed E-state index contributed by atoms with van der Waals surface area (Å²) in [6, 6.07) is 7.21. The number of nitrogens with two attached hydrogens (primary N) is 1. The normalized spacial score (nSPS) is 10.5. The Morgan fingerprint density at radius 3 is 2.76 bits per heavy atom. The monoisotopic (exact) mass is 253 g/mol. The molecule has 2 N–H and O–H groups in total. The van der Waals surface area contributed by atoms with E-state index in [1.807, 2.05) is 12.1 Å². The zero-order chi connectivity index (χ0) is 12.1. The molecule has 0 unspecified atom stereocenters. The van der Waals surface area contributed by atoms with Gasteiger partial charge in [0.1, 0.15) is 5.75 Å². The van der Waals surface area contributed by atoms with Gasteiger partial charge in [0, 0.05) is 13.0 Å². The van der Waals surface area contributed by atoms with Gasteiger partial charge in [0.25, 0.3) is 5.89 Å². The number of hydrogen-bond acceptors (Lipinski definition) is 5. The van der Waals surface area contributed by atoms with E-state index in [4.69, 9.17) is 26.5 Å². The zero-order valence-corrected chi connectivity index (χ0v) is 9.85. The van der Waals surface area contributed by atoms with Crippen molar-refractivity contribution in [3.8, 4) is 5.75 Å². The molecule has 0 aliphatic heterocycles. The number of halogens is 1. The Balaban J connectivity index is 1.95. The second kappa shape index (κ2) is 5.65. The minimum atomic E-state index is 0.196. The summed E-state index contributed by atoms with van der Waals surface area (Å²) >= 11 is 5.94. The van der Waals surface area contributed by atoms with E-state index in [0.717, 1.165) is 0 Å². The molecular formula is C11H12ClN3O2. The molecule has 6 heteroatoms. The van der Waals surface area contributed by atoms with Gasteiger partial charge in [0.05, 0.1) is 5.02 Å². The quantitative estimate of drug-likeness (QED) is 0.880. The van der Waals surface area contributed by atoms with E-state index in [0.29, 0.717) is 35.5 Å². The first kappa shape index (κ1) is 11.9. The second-order valence-electron chi connectivity index (χ2n) is 3.35. The van der Waals surface area contributed by atoms with E-state index in [1.165, 1.54) is 0 Å². The molecule has 1 heterocycles. The molecule has 0 aliphatic rings. The average molecular weight is 254 g/mol. The van der Waals surface area contributed by atoms with Gasteiger partial charge in [-0.2, -0.15) is 0 Å². The lowest BCUT2D eigenvalue weighted by molar-refractivity contribution is 0.259. The molecule has 0 fully saturated rings. The van der Waals surface area contributed by atoms with E-state index < -0.39 is 0 Å². The fourth-order valence-corrected chi connectivity index (χ4v) is 1.46. The van der Waals surface area contributed by atoms with Crippen LogP contribution in [0.4, 0.5) is 0 Å². The lowest BCUT2D eigenvalue weighted by Crippen LogP contribution is -2.02. The van der Waals surface area contributed by atoms with Crippen molar-refractivity contribution in [2.45, 2.75) is 13.0 Å². The Kier molecular flexibility index (Phi) is 3.95.